The van der Waals surface area contributed by atoms with Crippen molar-refractivity contribution in [3.05, 3.63) is 69.0 Å². The number of hydrogen-bond acceptors (Lipinski definition) is 4. The first-order valence-corrected chi connectivity index (χ1v) is 8.61. The monoisotopic (exact) mass is 378 g/mol. The lowest BCUT2D eigenvalue weighted by atomic mass is 10.2. The highest BCUT2D eigenvalue weighted by Crippen LogP contribution is 2.32. The maximum atomic E-state index is 12.4. The fourth-order valence-electron chi connectivity index (χ4n) is 2.13. The normalized spacial score (nSPS) is 16.1. The van der Waals surface area contributed by atoms with E-state index in [-0.39, 0.29) is 17.8 Å². The summed E-state index contributed by atoms with van der Waals surface area (Å²) in [5, 5.41) is 3.62. The second-order valence-electron chi connectivity index (χ2n) is 4.98. The van der Waals surface area contributed by atoms with Gasteiger partial charge in [0.2, 0.25) is 0 Å². The third-order valence-corrected chi connectivity index (χ3v) is 4.80. The molecule has 1 aliphatic rings. The van der Waals surface area contributed by atoms with Gasteiger partial charge < -0.3 is 5.32 Å². The van der Waals surface area contributed by atoms with Crippen LogP contribution < -0.4 is 5.32 Å². The van der Waals surface area contributed by atoms with Crippen molar-refractivity contribution in [2.45, 2.75) is 0 Å². The zero-order valence-electron chi connectivity index (χ0n) is 12.3. The van der Waals surface area contributed by atoms with E-state index in [1.807, 2.05) is 30.3 Å². The van der Waals surface area contributed by atoms with Crippen LogP contribution in [0.3, 0.4) is 0 Å². The Morgan fingerprint density at radius 2 is 1.83 bits per heavy atom. The standard InChI is InChI=1S/C17H12Cl2N2O2S/c18-12-6-7-13(19)14(9-12)20-10-21-16(22)15(24-17(21)23)8-11-4-2-1-3-5-11/h1-9,20H,10H2. The van der Waals surface area contributed by atoms with E-state index < -0.39 is 0 Å². The second-order valence-corrected chi connectivity index (χ2v) is 6.82. The van der Waals surface area contributed by atoms with Gasteiger partial charge in [-0.15, -0.1) is 0 Å². The number of anilines is 1. The van der Waals surface area contributed by atoms with E-state index >= 15 is 0 Å². The average Bonchev–Trinajstić information content (AvgIpc) is 2.83. The van der Waals surface area contributed by atoms with Crippen LogP contribution in [-0.2, 0) is 4.79 Å². The van der Waals surface area contributed by atoms with Crippen LogP contribution >= 0.6 is 35.0 Å². The molecule has 0 bridgehead atoms. The first kappa shape index (κ1) is 16.9. The van der Waals surface area contributed by atoms with E-state index in [4.69, 9.17) is 23.2 Å². The zero-order chi connectivity index (χ0) is 17.1. The highest BCUT2D eigenvalue weighted by atomic mass is 35.5. The van der Waals surface area contributed by atoms with Crippen LogP contribution in [0.2, 0.25) is 10.0 Å². The van der Waals surface area contributed by atoms with Crippen LogP contribution in [0.25, 0.3) is 6.08 Å². The topological polar surface area (TPSA) is 49.4 Å². The number of amides is 2. The van der Waals surface area contributed by atoms with Crippen LogP contribution in [0.5, 0.6) is 0 Å². The molecule has 0 saturated carbocycles. The molecule has 1 N–H and O–H groups in total. The Balaban J connectivity index is 1.73. The molecule has 0 aliphatic carbocycles. The summed E-state index contributed by atoms with van der Waals surface area (Å²) in [4.78, 5) is 26.0. The van der Waals surface area contributed by atoms with Gasteiger partial charge in [0, 0.05) is 5.02 Å². The molecular weight excluding hydrogens is 367 g/mol. The predicted octanol–water partition coefficient (Wildman–Crippen LogP) is 5.10. The quantitative estimate of drug-likeness (QED) is 0.751. The summed E-state index contributed by atoms with van der Waals surface area (Å²) in [5.74, 6) is -0.334. The summed E-state index contributed by atoms with van der Waals surface area (Å²) >= 11 is 12.9. The van der Waals surface area contributed by atoms with Gasteiger partial charge >= 0.3 is 0 Å². The van der Waals surface area contributed by atoms with Gasteiger partial charge in [-0.05, 0) is 41.6 Å². The van der Waals surface area contributed by atoms with Gasteiger partial charge in [0.25, 0.3) is 11.1 Å². The maximum Gasteiger partial charge on any atom is 0.295 e. The molecule has 2 amide bonds. The molecular formula is C17H12Cl2N2O2S. The summed E-state index contributed by atoms with van der Waals surface area (Å²) in [7, 11) is 0. The lowest BCUT2D eigenvalue weighted by Gasteiger charge is -2.15. The van der Waals surface area contributed by atoms with Gasteiger partial charge in [-0.1, -0.05) is 53.5 Å². The fourth-order valence-corrected chi connectivity index (χ4v) is 3.33. The van der Waals surface area contributed by atoms with Crippen molar-refractivity contribution in [1.29, 1.82) is 0 Å². The van der Waals surface area contributed by atoms with Gasteiger partial charge in [0.1, 0.15) is 0 Å². The van der Waals surface area contributed by atoms with Crippen LogP contribution in [0.1, 0.15) is 5.56 Å². The molecule has 0 radical (unpaired) electrons. The van der Waals surface area contributed by atoms with Crippen molar-refractivity contribution in [1.82, 2.24) is 4.90 Å². The molecule has 0 aromatic heterocycles. The molecule has 1 aliphatic heterocycles. The number of halogens is 2. The molecule has 122 valence electrons. The summed E-state index contributed by atoms with van der Waals surface area (Å²) in [6, 6.07) is 14.3. The third-order valence-electron chi connectivity index (χ3n) is 3.33. The van der Waals surface area contributed by atoms with Crippen LogP contribution in [-0.4, -0.2) is 22.7 Å². The molecule has 0 atom stereocenters. The predicted molar refractivity (Wildman–Crippen MR) is 99.2 cm³/mol. The molecule has 4 nitrogen and oxygen atoms in total. The highest BCUT2D eigenvalue weighted by molar-refractivity contribution is 8.18. The number of thioether (sulfide) groups is 1. The Bertz CT molecular complexity index is 825. The molecule has 2 aromatic carbocycles. The molecule has 1 heterocycles. The lowest BCUT2D eigenvalue weighted by molar-refractivity contribution is -0.122. The SMILES string of the molecule is O=C1SC(=Cc2ccccc2)C(=O)N1CNc1cc(Cl)ccc1Cl. The Kier molecular flexibility index (Phi) is 5.14. The van der Waals surface area contributed by atoms with Gasteiger partial charge in [0.15, 0.2) is 0 Å². The number of nitrogens with one attached hydrogen (secondary N) is 1. The number of carbonyl (C=O) groups excluding carboxylic acids is 2. The van der Waals surface area contributed by atoms with Gasteiger partial charge in [-0.25, -0.2) is 0 Å². The van der Waals surface area contributed by atoms with Crippen molar-refractivity contribution in [2.75, 3.05) is 12.0 Å². The van der Waals surface area contributed by atoms with E-state index in [9.17, 15) is 9.59 Å². The average molecular weight is 379 g/mol. The Labute approximate surface area is 153 Å². The number of rotatable bonds is 4. The number of benzene rings is 2. The van der Waals surface area contributed by atoms with Crippen molar-refractivity contribution in [3.8, 4) is 0 Å². The van der Waals surface area contributed by atoms with Gasteiger partial charge in [-0.2, -0.15) is 0 Å². The van der Waals surface area contributed by atoms with Crippen LogP contribution in [0.15, 0.2) is 53.4 Å². The van der Waals surface area contributed by atoms with Crippen molar-refractivity contribution < 1.29 is 9.59 Å². The summed E-state index contributed by atoms with van der Waals surface area (Å²) in [5.41, 5.74) is 1.43. The smallest absolute Gasteiger partial charge is 0.295 e. The van der Waals surface area contributed by atoms with Crippen molar-refractivity contribution in [2.24, 2.45) is 0 Å². The van der Waals surface area contributed by atoms with Gasteiger partial charge in [0.05, 0.1) is 22.3 Å². The summed E-state index contributed by atoms with van der Waals surface area (Å²) in [6.07, 6.45) is 1.71. The first-order valence-electron chi connectivity index (χ1n) is 7.04. The Morgan fingerprint density at radius 1 is 1.08 bits per heavy atom. The molecule has 0 unspecified atom stereocenters. The van der Waals surface area contributed by atoms with Crippen molar-refractivity contribution in [3.63, 3.8) is 0 Å². The van der Waals surface area contributed by atoms with Crippen LogP contribution in [0.4, 0.5) is 10.5 Å². The molecule has 1 saturated heterocycles. The van der Waals surface area contributed by atoms with E-state index in [0.29, 0.717) is 20.6 Å². The first-order chi connectivity index (χ1) is 11.5. The fraction of sp³-hybridized carbons (Fsp3) is 0.0588. The van der Waals surface area contributed by atoms with Crippen molar-refractivity contribution >= 4 is 57.9 Å². The van der Waals surface area contributed by atoms with E-state index in [1.54, 1.807) is 24.3 Å². The number of hydrogen-bond donors (Lipinski definition) is 1. The summed E-state index contributed by atoms with van der Waals surface area (Å²) in [6.45, 7) is 0.0247. The zero-order valence-corrected chi connectivity index (χ0v) is 14.7. The summed E-state index contributed by atoms with van der Waals surface area (Å²) < 4.78 is 0. The molecule has 1 fully saturated rings. The number of imide groups is 1. The minimum absolute atomic E-state index is 0.0247. The molecule has 24 heavy (non-hydrogen) atoms. The lowest BCUT2D eigenvalue weighted by Crippen LogP contribution is -2.33. The largest absolute Gasteiger partial charge is 0.366 e. The molecule has 7 heteroatoms. The Morgan fingerprint density at radius 3 is 2.58 bits per heavy atom. The molecule has 0 spiro atoms. The Hall–Kier alpha value is -1.95. The van der Waals surface area contributed by atoms with E-state index in [0.717, 1.165) is 22.2 Å². The minimum Gasteiger partial charge on any atom is -0.366 e. The minimum atomic E-state index is -0.334. The third kappa shape index (κ3) is 3.75. The highest BCUT2D eigenvalue weighted by Gasteiger charge is 2.34. The molecule has 2 aromatic rings. The van der Waals surface area contributed by atoms with Crippen LogP contribution in [0, 0.1) is 0 Å². The van der Waals surface area contributed by atoms with E-state index in [1.165, 1.54) is 0 Å². The maximum absolute atomic E-state index is 12.4. The number of nitrogens with zero attached hydrogens (tertiary/aromatic N) is 1. The van der Waals surface area contributed by atoms with E-state index in [2.05, 4.69) is 5.32 Å². The number of carbonyl (C=O) groups is 2. The molecule has 3 rings (SSSR count). The van der Waals surface area contributed by atoms with Gasteiger partial charge in [-0.3, -0.25) is 14.5 Å². The second kappa shape index (κ2) is 7.30.